The first kappa shape index (κ1) is 18.1. The van der Waals surface area contributed by atoms with E-state index in [0.717, 1.165) is 24.2 Å². The summed E-state index contributed by atoms with van der Waals surface area (Å²) in [7, 11) is 1.63. The number of benzene rings is 1. The van der Waals surface area contributed by atoms with Crippen LogP contribution in [0.5, 0.6) is 5.75 Å². The summed E-state index contributed by atoms with van der Waals surface area (Å²) in [6, 6.07) is 7.81. The van der Waals surface area contributed by atoms with Gasteiger partial charge in [0.2, 0.25) is 0 Å². The Bertz CT molecular complexity index is 835. The number of H-pyrrole nitrogens is 1. The molecule has 3 rings (SSSR count). The zero-order valence-corrected chi connectivity index (χ0v) is 15.0. The lowest BCUT2D eigenvalue weighted by molar-refractivity contribution is -0.0825. The minimum absolute atomic E-state index is 0.0407. The maximum atomic E-state index is 12.7. The number of amides is 1. The van der Waals surface area contributed by atoms with E-state index >= 15 is 0 Å². The van der Waals surface area contributed by atoms with E-state index in [1.165, 1.54) is 12.5 Å². The Morgan fingerprint density at radius 3 is 3.00 bits per heavy atom. The molecule has 7 nitrogen and oxygen atoms in total. The summed E-state index contributed by atoms with van der Waals surface area (Å²) in [6.45, 7) is 3.27. The van der Waals surface area contributed by atoms with E-state index in [0.29, 0.717) is 19.7 Å². The van der Waals surface area contributed by atoms with Crippen LogP contribution in [0, 0.1) is 6.92 Å². The normalized spacial score (nSPS) is 20.0. The summed E-state index contributed by atoms with van der Waals surface area (Å²) < 4.78 is 11.7. The van der Waals surface area contributed by atoms with E-state index in [1.54, 1.807) is 12.0 Å². The molecule has 2 aromatic rings. The van der Waals surface area contributed by atoms with Crippen LogP contribution in [0.25, 0.3) is 0 Å². The number of carbonyl (C=O) groups is 1. The first-order valence-corrected chi connectivity index (χ1v) is 8.60. The molecule has 0 saturated carbocycles. The highest BCUT2D eigenvalue weighted by Gasteiger charge is 2.39. The quantitative estimate of drug-likeness (QED) is 0.882. The van der Waals surface area contributed by atoms with Crippen molar-refractivity contribution in [2.24, 2.45) is 0 Å². The highest BCUT2D eigenvalue weighted by atomic mass is 16.5. The lowest BCUT2D eigenvalue weighted by Gasteiger charge is -2.41. The number of aromatic amines is 1. The summed E-state index contributed by atoms with van der Waals surface area (Å²) >= 11 is 0. The van der Waals surface area contributed by atoms with Gasteiger partial charge in [-0.1, -0.05) is 12.1 Å². The number of ether oxygens (including phenoxy) is 2. The Kier molecular flexibility index (Phi) is 5.37. The summed E-state index contributed by atoms with van der Waals surface area (Å²) in [4.78, 5) is 32.5. The Morgan fingerprint density at radius 2 is 2.27 bits per heavy atom. The van der Waals surface area contributed by atoms with E-state index in [4.69, 9.17) is 9.47 Å². The fourth-order valence-electron chi connectivity index (χ4n) is 3.20. The molecule has 1 aromatic heterocycles. The number of rotatable bonds is 5. The van der Waals surface area contributed by atoms with Crippen molar-refractivity contribution in [1.82, 2.24) is 14.9 Å². The number of hydrogen-bond donors (Lipinski definition) is 1. The topological polar surface area (TPSA) is 84.5 Å². The first-order chi connectivity index (χ1) is 12.5. The van der Waals surface area contributed by atoms with Crippen LogP contribution in [0.1, 0.15) is 28.8 Å². The predicted octanol–water partition coefficient (Wildman–Crippen LogP) is 1.78. The number of nitrogens with zero attached hydrogens (tertiary/aromatic N) is 2. The molecule has 1 aliphatic rings. The molecule has 1 aliphatic heterocycles. The van der Waals surface area contributed by atoms with Gasteiger partial charge < -0.3 is 19.4 Å². The molecule has 0 radical (unpaired) electrons. The minimum Gasteiger partial charge on any atom is -0.491 e. The van der Waals surface area contributed by atoms with Crippen LogP contribution in [0.3, 0.4) is 0 Å². The maximum absolute atomic E-state index is 12.7. The molecule has 26 heavy (non-hydrogen) atoms. The summed E-state index contributed by atoms with van der Waals surface area (Å²) in [5.41, 5.74) is 0.117. The van der Waals surface area contributed by atoms with Crippen LogP contribution in [0.4, 0.5) is 0 Å². The molecular formula is C19H23N3O4. The van der Waals surface area contributed by atoms with E-state index in [2.05, 4.69) is 9.97 Å². The molecule has 1 saturated heterocycles. The van der Waals surface area contributed by atoms with Crippen LogP contribution >= 0.6 is 0 Å². The third-order valence-corrected chi connectivity index (χ3v) is 4.70. The van der Waals surface area contributed by atoms with Crippen LogP contribution in [0.2, 0.25) is 0 Å². The second-order valence-corrected chi connectivity index (χ2v) is 6.62. The van der Waals surface area contributed by atoms with Gasteiger partial charge in [-0.3, -0.25) is 9.59 Å². The van der Waals surface area contributed by atoms with Gasteiger partial charge in [0, 0.05) is 19.9 Å². The average molecular weight is 357 g/mol. The van der Waals surface area contributed by atoms with Crippen molar-refractivity contribution in [3.05, 3.63) is 58.3 Å². The predicted molar refractivity (Wildman–Crippen MR) is 96.4 cm³/mol. The van der Waals surface area contributed by atoms with Gasteiger partial charge in [0.05, 0.1) is 12.9 Å². The lowest BCUT2D eigenvalue weighted by atomic mass is 9.93. The van der Waals surface area contributed by atoms with Crippen LogP contribution in [0.15, 0.2) is 41.6 Å². The molecule has 7 heteroatoms. The largest absolute Gasteiger partial charge is 0.491 e. The number of aryl methyl sites for hydroxylation is 1. The highest BCUT2D eigenvalue weighted by molar-refractivity contribution is 5.93. The molecule has 0 aliphatic carbocycles. The van der Waals surface area contributed by atoms with Crippen molar-refractivity contribution in [3.8, 4) is 5.75 Å². The number of hydrogen-bond acceptors (Lipinski definition) is 5. The Balaban J connectivity index is 1.73. The molecule has 0 spiro atoms. The molecule has 1 fully saturated rings. The van der Waals surface area contributed by atoms with Crippen LogP contribution in [-0.2, 0) is 4.74 Å². The standard InChI is InChI=1S/C19H23N3O4/c1-14-5-3-6-15(9-14)26-12-19(25-2)7-4-8-22(11-19)18(24)16-10-20-13-21-17(16)23/h3,5-6,9-10,13H,4,7-8,11-12H2,1-2H3,(H,20,21,23)/t19-/m0/s1. The van der Waals surface area contributed by atoms with Crippen molar-refractivity contribution >= 4 is 5.91 Å². The molecule has 1 N–H and O–H groups in total. The van der Waals surface area contributed by atoms with Crippen molar-refractivity contribution < 1.29 is 14.3 Å². The molecule has 0 bridgehead atoms. The lowest BCUT2D eigenvalue weighted by Crippen LogP contribution is -2.55. The van der Waals surface area contributed by atoms with Gasteiger partial charge in [-0.25, -0.2) is 4.98 Å². The Morgan fingerprint density at radius 1 is 1.42 bits per heavy atom. The molecule has 1 atom stereocenters. The van der Waals surface area contributed by atoms with E-state index in [1.807, 2.05) is 31.2 Å². The molecule has 138 valence electrons. The Labute approximate surface area is 152 Å². The first-order valence-electron chi connectivity index (χ1n) is 8.60. The average Bonchev–Trinajstić information content (AvgIpc) is 2.66. The van der Waals surface area contributed by atoms with Crippen LogP contribution in [-0.4, -0.2) is 53.2 Å². The van der Waals surface area contributed by atoms with Crippen LogP contribution < -0.4 is 10.3 Å². The number of aromatic nitrogens is 2. The minimum atomic E-state index is -0.605. The second-order valence-electron chi connectivity index (χ2n) is 6.62. The fraction of sp³-hybridized carbons (Fsp3) is 0.421. The summed E-state index contributed by atoms with van der Waals surface area (Å²) in [6.07, 6.45) is 4.12. The Hall–Kier alpha value is -2.67. The second kappa shape index (κ2) is 7.70. The van der Waals surface area contributed by atoms with E-state index in [9.17, 15) is 9.59 Å². The van der Waals surface area contributed by atoms with Gasteiger partial charge in [-0.05, 0) is 37.5 Å². The van der Waals surface area contributed by atoms with E-state index < -0.39 is 11.2 Å². The van der Waals surface area contributed by atoms with Crippen molar-refractivity contribution in [3.63, 3.8) is 0 Å². The van der Waals surface area contributed by atoms with Gasteiger partial charge >= 0.3 is 0 Å². The van der Waals surface area contributed by atoms with Crippen molar-refractivity contribution in [2.75, 3.05) is 26.8 Å². The number of carbonyl (C=O) groups excluding carboxylic acids is 1. The smallest absolute Gasteiger partial charge is 0.263 e. The summed E-state index contributed by atoms with van der Waals surface area (Å²) in [5.74, 6) is 0.435. The third-order valence-electron chi connectivity index (χ3n) is 4.70. The fourth-order valence-corrected chi connectivity index (χ4v) is 3.20. The highest BCUT2D eigenvalue weighted by Crippen LogP contribution is 2.27. The number of piperidine rings is 1. The SMILES string of the molecule is CO[C@@]1(COc2cccc(C)c2)CCCN(C(=O)c2cnc[nH]c2=O)C1. The van der Waals surface area contributed by atoms with Gasteiger partial charge in [-0.2, -0.15) is 0 Å². The van der Waals surface area contributed by atoms with Gasteiger partial charge in [0.1, 0.15) is 23.5 Å². The monoisotopic (exact) mass is 357 g/mol. The summed E-state index contributed by atoms with van der Waals surface area (Å²) in [5, 5.41) is 0. The molecule has 1 amide bonds. The van der Waals surface area contributed by atoms with Gasteiger partial charge in [0.25, 0.3) is 11.5 Å². The van der Waals surface area contributed by atoms with E-state index in [-0.39, 0.29) is 11.5 Å². The molecule has 0 unspecified atom stereocenters. The molecular weight excluding hydrogens is 334 g/mol. The zero-order valence-electron chi connectivity index (χ0n) is 15.0. The number of likely N-dealkylation sites (tertiary alicyclic amines) is 1. The van der Waals surface area contributed by atoms with Gasteiger partial charge in [0.15, 0.2) is 0 Å². The number of methoxy groups -OCH3 is 1. The van der Waals surface area contributed by atoms with Crippen molar-refractivity contribution in [2.45, 2.75) is 25.4 Å². The maximum Gasteiger partial charge on any atom is 0.263 e. The zero-order chi connectivity index (χ0) is 18.6. The van der Waals surface area contributed by atoms with Gasteiger partial charge in [-0.15, -0.1) is 0 Å². The third kappa shape index (κ3) is 3.94. The molecule has 1 aromatic carbocycles. The molecule has 2 heterocycles. The van der Waals surface area contributed by atoms with Crippen molar-refractivity contribution in [1.29, 1.82) is 0 Å². The number of nitrogens with one attached hydrogen (secondary N) is 1.